The Kier molecular flexibility index (Phi) is 6.33. The van der Waals surface area contributed by atoms with Crippen LogP contribution in [0.5, 0.6) is 11.5 Å². The summed E-state index contributed by atoms with van der Waals surface area (Å²) in [6.07, 6.45) is 0. The standard InChI is InChI=1S/C16H23N7O2/c1-5-17-14-19-15(18-6-2)21-16(20-14)23-22-10(3)12-8-7-11(25-4)9-13(12)24/h7-9,24H,5-6H2,1-4H3,(H3,17,18,19,20,21,23)/b22-10+. The van der Waals surface area contributed by atoms with Crippen LogP contribution in [-0.4, -0.2) is 46.0 Å². The zero-order valence-electron chi connectivity index (χ0n) is 14.8. The van der Waals surface area contributed by atoms with Gasteiger partial charge in [0, 0.05) is 24.7 Å². The quantitative estimate of drug-likeness (QED) is 0.425. The minimum atomic E-state index is 0.0831. The lowest BCUT2D eigenvalue weighted by atomic mass is 10.1. The summed E-state index contributed by atoms with van der Waals surface area (Å²) in [7, 11) is 1.54. The molecule has 4 N–H and O–H groups in total. The molecule has 0 aliphatic heterocycles. The van der Waals surface area contributed by atoms with E-state index in [-0.39, 0.29) is 5.75 Å². The van der Waals surface area contributed by atoms with Crippen LogP contribution in [0.1, 0.15) is 26.3 Å². The molecule has 1 aromatic carbocycles. The van der Waals surface area contributed by atoms with Crippen molar-refractivity contribution in [2.24, 2.45) is 5.10 Å². The van der Waals surface area contributed by atoms with Crippen molar-refractivity contribution >= 4 is 23.6 Å². The highest BCUT2D eigenvalue weighted by atomic mass is 16.5. The number of aromatic nitrogens is 3. The number of ether oxygens (including phenoxy) is 1. The van der Waals surface area contributed by atoms with Crippen molar-refractivity contribution in [2.75, 3.05) is 36.3 Å². The second kappa shape index (κ2) is 8.67. The number of benzene rings is 1. The normalized spacial score (nSPS) is 11.1. The third-order valence-corrected chi connectivity index (χ3v) is 3.22. The van der Waals surface area contributed by atoms with Gasteiger partial charge in [-0.2, -0.15) is 20.1 Å². The molecular formula is C16H23N7O2. The van der Waals surface area contributed by atoms with Gasteiger partial charge in [-0.05, 0) is 32.9 Å². The molecule has 134 valence electrons. The molecule has 0 saturated carbocycles. The van der Waals surface area contributed by atoms with E-state index in [0.29, 0.717) is 48.0 Å². The van der Waals surface area contributed by atoms with Gasteiger partial charge in [-0.3, -0.25) is 0 Å². The molecule has 0 fully saturated rings. The topological polar surface area (TPSA) is 117 Å². The Hall–Kier alpha value is -3.10. The molecule has 25 heavy (non-hydrogen) atoms. The molecule has 9 heteroatoms. The molecule has 0 aliphatic carbocycles. The van der Waals surface area contributed by atoms with Crippen molar-refractivity contribution in [3.8, 4) is 11.5 Å². The highest BCUT2D eigenvalue weighted by Crippen LogP contribution is 2.24. The number of nitrogens with one attached hydrogen (secondary N) is 3. The molecule has 0 spiro atoms. The Morgan fingerprint density at radius 3 is 2.20 bits per heavy atom. The first-order valence-electron chi connectivity index (χ1n) is 7.98. The summed E-state index contributed by atoms with van der Waals surface area (Å²) in [4.78, 5) is 12.7. The van der Waals surface area contributed by atoms with E-state index in [1.54, 1.807) is 26.2 Å². The number of phenolic OH excluding ortho intramolecular Hbond substituents is 1. The van der Waals surface area contributed by atoms with Crippen LogP contribution >= 0.6 is 0 Å². The fourth-order valence-corrected chi connectivity index (χ4v) is 2.04. The van der Waals surface area contributed by atoms with Gasteiger partial charge >= 0.3 is 0 Å². The predicted octanol–water partition coefficient (Wildman–Crippen LogP) is 2.29. The molecular weight excluding hydrogens is 322 g/mol. The van der Waals surface area contributed by atoms with Crippen LogP contribution in [0.3, 0.4) is 0 Å². The number of phenols is 1. The lowest BCUT2D eigenvalue weighted by Gasteiger charge is -2.09. The first kappa shape index (κ1) is 18.2. The number of methoxy groups -OCH3 is 1. The molecule has 0 unspecified atom stereocenters. The van der Waals surface area contributed by atoms with Crippen molar-refractivity contribution in [2.45, 2.75) is 20.8 Å². The minimum Gasteiger partial charge on any atom is -0.507 e. The summed E-state index contributed by atoms with van der Waals surface area (Å²) in [5.74, 6) is 1.87. The monoisotopic (exact) mass is 345 g/mol. The van der Waals surface area contributed by atoms with Gasteiger partial charge in [0.2, 0.25) is 17.8 Å². The fourth-order valence-electron chi connectivity index (χ4n) is 2.04. The van der Waals surface area contributed by atoms with E-state index in [2.05, 4.69) is 36.1 Å². The van der Waals surface area contributed by atoms with Gasteiger partial charge in [0.1, 0.15) is 11.5 Å². The first-order chi connectivity index (χ1) is 12.1. The van der Waals surface area contributed by atoms with Crippen LogP contribution in [0, 0.1) is 0 Å². The lowest BCUT2D eigenvalue weighted by molar-refractivity contribution is 0.407. The molecule has 0 aliphatic rings. The number of rotatable bonds is 8. The zero-order valence-corrected chi connectivity index (χ0v) is 14.8. The Balaban J connectivity index is 2.22. The molecule has 0 saturated heterocycles. The Morgan fingerprint density at radius 1 is 1.08 bits per heavy atom. The van der Waals surface area contributed by atoms with Gasteiger partial charge in [-0.1, -0.05) is 0 Å². The highest BCUT2D eigenvalue weighted by molar-refractivity contribution is 6.01. The smallest absolute Gasteiger partial charge is 0.250 e. The van der Waals surface area contributed by atoms with Gasteiger partial charge in [-0.25, -0.2) is 5.43 Å². The van der Waals surface area contributed by atoms with Gasteiger partial charge in [0.25, 0.3) is 0 Å². The number of hydrazone groups is 1. The maximum absolute atomic E-state index is 10.1. The van der Waals surface area contributed by atoms with E-state index in [0.717, 1.165) is 0 Å². The van der Waals surface area contributed by atoms with Gasteiger partial charge in [0.15, 0.2) is 0 Å². The summed E-state index contributed by atoms with van der Waals surface area (Å²) in [6, 6.07) is 5.02. The second-order valence-corrected chi connectivity index (χ2v) is 5.06. The largest absolute Gasteiger partial charge is 0.507 e. The molecule has 1 aromatic heterocycles. The number of hydrogen-bond acceptors (Lipinski definition) is 9. The maximum atomic E-state index is 10.1. The van der Waals surface area contributed by atoms with Crippen LogP contribution < -0.4 is 20.8 Å². The van der Waals surface area contributed by atoms with Gasteiger partial charge < -0.3 is 20.5 Å². The second-order valence-electron chi connectivity index (χ2n) is 5.06. The van der Waals surface area contributed by atoms with Crippen LogP contribution in [-0.2, 0) is 0 Å². The molecule has 9 nitrogen and oxygen atoms in total. The summed E-state index contributed by atoms with van der Waals surface area (Å²) < 4.78 is 5.07. The molecule has 0 bridgehead atoms. The van der Waals surface area contributed by atoms with Crippen molar-refractivity contribution in [3.05, 3.63) is 23.8 Å². The van der Waals surface area contributed by atoms with Crippen LogP contribution in [0.4, 0.5) is 17.8 Å². The summed E-state index contributed by atoms with van der Waals surface area (Å²) in [5, 5.41) is 20.4. The van der Waals surface area contributed by atoms with Crippen molar-refractivity contribution in [1.29, 1.82) is 0 Å². The summed E-state index contributed by atoms with van der Waals surface area (Å²) in [5.41, 5.74) is 3.96. The third-order valence-electron chi connectivity index (χ3n) is 3.22. The molecule has 0 amide bonds. The number of hydrogen-bond donors (Lipinski definition) is 4. The molecule has 0 atom stereocenters. The van der Waals surface area contributed by atoms with E-state index < -0.39 is 0 Å². The van der Waals surface area contributed by atoms with E-state index in [4.69, 9.17) is 4.74 Å². The summed E-state index contributed by atoms with van der Waals surface area (Å²) in [6.45, 7) is 7.07. The van der Waals surface area contributed by atoms with Crippen molar-refractivity contribution in [1.82, 2.24) is 15.0 Å². The SMILES string of the molecule is CCNc1nc(NCC)nc(N/N=C(\C)c2ccc(OC)cc2O)n1. The van der Waals surface area contributed by atoms with Crippen LogP contribution in [0.15, 0.2) is 23.3 Å². The molecule has 0 radical (unpaired) electrons. The number of aromatic hydroxyl groups is 1. The first-order valence-corrected chi connectivity index (χ1v) is 7.98. The highest BCUT2D eigenvalue weighted by Gasteiger charge is 2.08. The fraction of sp³-hybridized carbons (Fsp3) is 0.375. The average molecular weight is 345 g/mol. The van der Waals surface area contributed by atoms with E-state index in [1.165, 1.54) is 6.07 Å². The number of nitrogens with zero attached hydrogens (tertiary/aromatic N) is 4. The average Bonchev–Trinajstić information content (AvgIpc) is 2.60. The summed E-state index contributed by atoms with van der Waals surface area (Å²) >= 11 is 0. The van der Waals surface area contributed by atoms with Crippen LogP contribution in [0.2, 0.25) is 0 Å². The van der Waals surface area contributed by atoms with E-state index in [1.807, 2.05) is 13.8 Å². The Morgan fingerprint density at radius 2 is 1.68 bits per heavy atom. The molecule has 2 aromatic rings. The zero-order chi connectivity index (χ0) is 18.2. The minimum absolute atomic E-state index is 0.0831. The maximum Gasteiger partial charge on any atom is 0.250 e. The Labute approximate surface area is 146 Å². The molecule has 1 heterocycles. The van der Waals surface area contributed by atoms with Crippen molar-refractivity contribution < 1.29 is 9.84 Å². The van der Waals surface area contributed by atoms with Crippen LogP contribution in [0.25, 0.3) is 0 Å². The molecule has 2 rings (SSSR count). The predicted molar refractivity (Wildman–Crippen MR) is 98.6 cm³/mol. The Bertz CT molecular complexity index is 725. The number of anilines is 3. The van der Waals surface area contributed by atoms with E-state index in [9.17, 15) is 5.11 Å². The lowest BCUT2D eigenvalue weighted by Crippen LogP contribution is -2.11. The third kappa shape index (κ3) is 4.93. The van der Waals surface area contributed by atoms with Gasteiger partial charge in [-0.15, -0.1) is 0 Å². The van der Waals surface area contributed by atoms with Crippen molar-refractivity contribution in [3.63, 3.8) is 0 Å². The van der Waals surface area contributed by atoms with Gasteiger partial charge in [0.05, 0.1) is 12.8 Å². The van der Waals surface area contributed by atoms with E-state index >= 15 is 0 Å².